The number of phenols is 1. The number of benzene rings is 1. The first kappa shape index (κ1) is 13.3. The fourth-order valence-electron chi connectivity index (χ4n) is 1.32. The van der Waals surface area contributed by atoms with Gasteiger partial charge in [0.25, 0.3) is 0 Å². The van der Waals surface area contributed by atoms with Crippen molar-refractivity contribution >= 4 is 23.4 Å². The first-order chi connectivity index (χ1) is 8.02. The number of aromatic hydroxyl groups is 1. The molecule has 1 rings (SSSR count). The van der Waals surface area contributed by atoms with Crippen LogP contribution >= 0.6 is 11.6 Å². The molecule has 92 valence electrons. The number of nitrogens with two attached hydrogens (primary N) is 1. The smallest absolute Gasteiger partial charge is 0.240 e. The molecule has 2 amide bonds. The van der Waals surface area contributed by atoms with Crippen LogP contribution in [0.2, 0.25) is 0 Å². The number of hydrogen-bond acceptors (Lipinski definition) is 3. The van der Waals surface area contributed by atoms with E-state index in [-0.39, 0.29) is 18.1 Å². The van der Waals surface area contributed by atoms with E-state index in [0.29, 0.717) is 0 Å². The lowest BCUT2D eigenvalue weighted by atomic mass is 10.1. The van der Waals surface area contributed by atoms with Crippen molar-refractivity contribution in [2.75, 3.05) is 5.88 Å². The molecule has 0 saturated carbocycles. The van der Waals surface area contributed by atoms with E-state index in [4.69, 9.17) is 22.4 Å². The van der Waals surface area contributed by atoms with Crippen LogP contribution in [-0.2, 0) is 16.0 Å². The van der Waals surface area contributed by atoms with Crippen molar-refractivity contribution in [2.45, 2.75) is 12.5 Å². The Morgan fingerprint density at radius 2 is 1.94 bits per heavy atom. The van der Waals surface area contributed by atoms with Crippen LogP contribution in [0.5, 0.6) is 5.75 Å². The summed E-state index contributed by atoms with van der Waals surface area (Å²) in [6, 6.07) is 5.50. The third-order valence-corrected chi connectivity index (χ3v) is 2.42. The van der Waals surface area contributed by atoms with E-state index in [0.717, 1.165) is 5.56 Å². The number of halogens is 1. The molecule has 0 spiro atoms. The predicted molar refractivity (Wildman–Crippen MR) is 63.7 cm³/mol. The van der Waals surface area contributed by atoms with E-state index < -0.39 is 17.9 Å². The van der Waals surface area contributed by atoms with Crippen molar-refractivity contribution < 1.29 is 14.7 Å². The van der Waals surface area contributed by atoms with Gasteiger partial charge in [0.2, 0.25) is 11.8 Å². The van der Waals surface area contributed by atoms with E-state index in [1.54, 1.807) is 12.1 Å². The zero-order valence-electron chi connectivity index (χ0n) is 9.02. The molecule has 0 saturated heterocycles. The Kier molecular flexibility index (Phi) is 4.78. The Bertz CT molecular complexity index is 406. The van der Waals surface area contributed by atoms with Crippen LogP contribution in [0.25, 0.3) is 0 Å². The summed E-state index contributed by atoms with van der Waals surface area (Å²) in [5, 5.41) is 11.5. The van der Waals surface area contributed by atoms with Gasteiger partial charge in [-0.15, -0.1) is 11.6 Å². The first-order valence-electron chi connectivity index (χ1n) is 4.95. The highest BCUT2D eigenvalue weighted by Gasteiger charge is 2.17. The number of alkyl halides is 1. The average molecular weight is 257 g/mol. The highest BCUT2D eigenvalue weighted by atomic mass is 35.5. The molecule has 1 atom stereocenters. The summed E-state index contributed by atoms with van der Waals surface area (Å²) >= 11 is 5.33. The molecule has 5 nitrogen and oxygen atoms in total. The maximum Gasteiger partial charge on any atom is 0.240 e. The highest BCUT2D eigenvalue weighted by molar-refractivity contribution is 6.27. The molecule has 0 unspecified atom stereocenters. The number of hydrogen-bond donors (Lipinski definition) is 3. The molecule has 0 aliphatic carbocycles. The van der Waals surface area contributed by atoms with Crippen LogP contribution in [0.15, 0.2) is 24.3 Å². The molecule has 4 N–H and O–H groups in total. The number of nitrogens with one attached hydrogen (secondary N) is 1. The van der Waals surface area contributed by atoms with Crippen LogP contribution in [-0.4, -0.2) is 28.8 Å². The highest BCUT2D eigenvalue weighted by Crippen LogP contribution is 2.11. The monoisotopic (exact) mass is 256 g/mol. The van der Waals surface area contributed by atoms with E-state index >= 15 is 0 Å². The third kappa shape index (κ3) is 4.32. The van der Waals surface area contributed by atoms with Gasteiger partial charge in [0.1, 0.15) is 17.7 Å². The second kappa shape index (κ2) is 6.10. The van der Waals surface area contributed by atoms with Gasteiger partial charge in [-0.2, -0.15) is 0 Å². The van der Waals surface area contributed by atoms with Gasteiger partial charge in [-0.05, 0) is 17.7 Å². The minimum Gasteiger partial charge on any atom is -0.508 e. The molecule has 0 aliphatic heterocycles. The number of primary amides is 1. The maximum absolute atomic E-state index is 11.1. The summed E-state index contributed by atoms with van der Waals surface area (Å²) < 4.78 is 0. The summed E-state index contributed by atoms with van der Waals surface area (Å²) in [4.78, 5) is 22.2. The third-order valence-electron chi connectivity index (χ3n) is 2.18. The molecule has 0 fully saturated rings. The number of rotatable bonds is 5. The molecular formula is C11H13ClN2O3. The van der Waals surface area contributed by atoms with Gasteiger partial charge >= 0.3 is 0 Å². The quantitative estimate of drug-likeness (QED) is 0.655. The molecule has 1 aromatic carbocycles. The Morgan fingerprint density at radius 1 is 1.35 bits per heavy atom. The molecule has 1 aromatic rings. The van der Waals surface area contributed by atoms with Gasteiger partial charge in [-0.3, -0.25) is 9.59 Å². The predicted octanol–water partition coefficient (Wildman–Crippen LogP) is 0.144. The van der Waals surface area contributed by atoms with Crippen molar-refractivity contribution in [3.63, 3.8) is 0 Å². The Balaban J connectivity index is 2.70. The maximum atomic E-state index is 11.1. The lowest BCUT2D eigenvalue weighted by Crippen LogP contribution is -2.46. The summed E-state index contributed by atoms with van der Waals surface area (Å²) in [5.41, 5.74) is 5.95. The summed E-state index contributed by atoms with van der Waals surface area (Å²) in [5.74, 6) is -1.17. The number of phenolic OH excluding ortho intramolecular Hbond substituents is 1. The van der Waals surface area contributed by atoms with Crippen molar-refractivity contribution in [1.82, 2.24) is 5.32 Å². The number of carbonyl (C=O) groups is 2. The standard InChI is InChI=1S/C11H13ClN2O3/c12-6-10(16)14-9(11(13)17)5-7-1-3-8(15)4-2-7/h1-4,9,15H,5-6H2,(H2,13,17)(H,14,16)/t9-/m1/s1. The number of amides is 2. The second-order valence-corrected chi connectivity index (χ2v) is 3.79. The van der Waals surface area contributed by atoms with Crippen molar-refractivity contribution in [3.05, 3.63) is 29.8 Å². The van der Waals surface area contributed by atoms with Crippen LogP contribution in [0, 0.1) is 0 Å². The lowest BCUT2D eigenvalue weighted by Gasteiger charge is -2.14. The molecule has 0 heterocycles. The fraction of sp³-hybridized carbons (Fsp3) is 0.273. The SMILES string of the molecule is NC(=O)[C@@H](Cc1ccc(O)cc1)NC(=O)CCl. The average Bonchev–Trinajstić information content (AvgIpc) is 2.30. The molecule has 0 bridgehead atoms. The largest absolute Gasteiger partial charge is 0.508 e. The van der Waals surface area contributed by atoms with Gasteiger partial charge in [0.15, 0.2) is 0 Å². The van der Waals surface area contributed by atoms with E-state index in [1.165, 1.54) is 12.1 Å². The van der Waals surface area contributed by atoms with Gasteiger partial charge in [0, 0.05) is 6.42 Å². The molecule has 0 aromatic heterocycles. The van der Waals surface area contributed by atoms with E-state index in [9.17, 15) is 9.59 Å². The molecular weight excluding hydrogens is 244 g/mol. The zero-order chi connectivity index (χ0) is 12.8. The van der Waals surface area contributed by atoms with Crippen LogP contribution < -0.4 is 11.1 Å². The summed E-state index contributed by atoms with van der Waals surface area (Å²) in [7, 11) is 0. The molecule has 17 heavy (non-hydrogen) atoms. The van der Waals surface area contributed by atoms with E-state index in [1.807, 2.05) is 0 Å². The molecule has 0 aliphatic rings. The number of carbonyl (C=O) groups excluding carboxylic acids is 2. The second-order valence-electron chi connectivity index (χ2n) is 3.53. The van der Waals surface area contributed by atoms with Crippen molar-refractivity contribution in [3.8, 4) is 5.75 Å². The minimum atomic E-state index is -0.800. The normalized spacial score (nSPS) is 11.8. The Labute approximate surface area is 104 Å². The fourth-order valence-corrected chi connectivity index (χ4v) is 1.40. The van der Waals surface area contributed by atoms with Crippen molar-refractivity contribution in [2.24, 2.45) is 5.73 Å². The van der Waals surface area contributed by atoms with Crippen molar-refractivity contribution in [1.29, 1.82) is 0 Å². The van der Waals surface area contributed by atoms with Gasteiger partial charge in [-0.25, -0.2) is 0 Å². The topological polar surface area (TPSA) is 92.4 Å². The zero-order valence-corrected chi connectivity index (χ0v) is 9.78. The first-order valence-corrected chi connectivity index (χ1v) is 5.49. The van der Waals surface area contributed by atoms with E-state index in [2.05, 4.69) is 5.32 Å². The minimum absolute atomic E-state index is 0.133. The van der Waals surface area contributed by atoms with Crippen LogP contribution in [0.3, 0.4) is 0 Å². The Morgan fingerprint density at radius 3 is 2.41 bits per heavy atom. The van der Waals surface area contributed by atoms with Gasteiger partial charge in [-0.1, -0.05) is 12.1 Å². The summed E-state index contributed by atoms with van der Waals surface area (Å²) in [6.07, 6.45) is 0.262. The molecule has 6 heteroatoms. The Hall–Kier alpha value is -1.75. The van der Waals surface area contributed by atoms with Crippen LogP contribution in [0.1, 0.15) is 5.56 Å². The molecule has 0 radical (unpaired) electrons. The van der Waals surface area contributed by atoms with Gasteiger partial charge < -0.3 is 16.2 Å². The summed E-state index contributed by atoms with van der Waals surface area (Å²) in [6.45, 7) is 0. The van der Waals surface area contributed by atoms with Crippen LogP contribution in [0.4, 0.5) is 0 Å². The van der Waals surface area contributed by atoms with Gasteiger partial charge in [0.05, 0.1) is 0 Å². The lowest BCUT2D eigenvalue weighted by molar-refractivity contribution is -0.126.